The fraction of sp³-hybridized carbons (Fsp3) is 0.562. The highest BCUT2D eigenvalue weighted by Gasteiger charge is 2.03. The quantitative estimate of drug-likeness (QED) is 0.299. The molecule has 8 heteroatoms. The van der Waals surface area contributed by atoms with Crippen molar-refractivity contribution in [2.75, 3.05) is 53.6 Å². The van der Waals surface area contributed by atoms with Crippen molar-refractivity contribution in [3.8, 4) is 0 Å². The van der Waals surface area contributed by atoms with Crippen LogP contribution in [0.2, 0.25) is 0 Å². The summed E-state index contributed by atoms with van der Waals surface area (Å²) in [7, 11) is 3.36. The van der Waals surface area contributed by atoms with Gasteiger partial charge >= 0.3 is 0 Å². The van der Waals surface area contributed by atoms with Gasteiger partial charge in [-0.25, -0.2) is 0 Å². The third-order valence-electron chi connectivity index (χ3n) is 3.04. The van der Waals surface area contributed by atoms with Gasteiger partial charge in [-0.3, -0.25) is 14.8 Å². The maximum absolute atomic E-state index is 11.8. The van der Waals surface area contributed by atoms with E-state index in [0.29, 0.717) is 44.4 Å². The van der Waals surface area contributed by atoms with Gasteiger partial charge in [0.15, 0.2) is 5.96 Å². The van der Waals surface area contributed by atoms with Gasteiger partial charge < -0.3 is 25.4 Å². The molecule has 1 heterocycles. The molecule has 0 atom stereocenters. The Morgan fingerprint density at radius 3 is 2.67 bits per heavy atom. The number of hydrogen-bond acceptors (Lipinski definition) is 5. The molecule has 0 spiro atoms. The van der Waals surface area contributed by atoms with Gasteiger partial charge in [0.05, 0.1) is 18.8 Å². The molecular formula is C16H27N5O3. The van der Waals surface area contributed by atoms with Crippen LogP contribution in [-0.2, 0) is 9.47 Å². The van der Waals surface area contributed by atoms with Crippen molar-refractivity contribution in [2.24, 2.45) is 4.99 Å². The summed E-state index contributed by atoms with van der Waals surface area (Å²) in [5.74, 6) is 0.559. The van der Waals surface area contributed by atoms with Gasteiger partial charge in [0, 0.05) is 52.8 Å². The van der Waals surface area contributed by atoms with Gasteiger partial charge in [-0.2, -0.15) is 0 Å². The molecule has 8 nitrogen and oxygen atoms in total. The van der Waals surface area contributed by atoms with Crippen molar-refractivity contribution >= 4 is 11.9 Å². The Hall–Kier alpha value is -2.19. The van der Waals surface area contributed by atoms with Crippen molar-refractivity contribution in [3.05, 3.63) is 30.1 Å². The minimum Gasteiger partial charge on any atom is -0.382 e. The molecule has 1 amide bonds. The van der Waals surface area contributed by atoms with Crippen LogP contribution in [-0.4, -0.2) is 70.5 Å². The molecular weight excluding hydrogens is 310 g/mol. The predicted octanol–water partition coefficient (Wildman–Crippen LogP) is 0.0295. The Labute approximate surface area is 143 Å². The van der Waals surface area contributed by atoms with E-state index in [9.17, 15) is 4.79 Å². The number of guanidine groups is 1. The van der Waals surface area contributed by atoms with Crippen molar-refractivity contribution in [3.63, 3.8) is 0 Å². The molecule has 1 aromatic rings. The largest absolute Gasteiger partial charge is 0.382 e. The van der Waals surface area contributed by atoms with Gasteiger partial charge in [0.2, 0.25) is 0 Å². The van der Waals surface area contributed by atoms with Crippen LogP contribution in [0, 0.1) is 0 Å². The average Bonchev–Trinajstić information content (AvgIpc) is 2.63. The molecule has 0 saturated heterocycles. The lowest BCUT2D eigenvalue weighted by atomic mass is 10.3. The number of nitrogens with zero attached hydrogens (tertiary/aromatic N) is 2. The van der Waals surface area contributed by atoms with E-state index in [-0.39, 0.29) is 5.91 Å². The summed E-state index contributed by atoms with van der Waals surface area (Å²) in [6.07, 6.45) is 4.05. The first-order valence-corrected chi connectivity index (χ1v) is 7.97. The van der Waals surface area contributed by atoms with Crippen LogP contribution in [0.25, 0.3) is 0 Å². The molecule has 0 unspecified atom stereocenters. The number of ether oxygens (including phenoxy) is 2. The lowest BCUT2D eigenvalue weighted by Gasteiger charge is -2.12. The van der Waals surface area contributed by atoms with Crippen molar-refractivity contribution in [2.45, 2.75) is 6.42 Å². The summed E-state index contributed by atoms with van der Waals surface area (Å²) in [5, 5.41) is 9.14. The van der Waals surface area contributed by atoms with E-state index in [1.54, 1.807) is 32.5 Å². The molecule has 0 bridgehead atoms. The highest BCUT2D eigenvalue weighted by Crippen LogP contribution is 1.94. The van der Waals surface area contributed by atoms with Crippen LogP contribution in [0.5, 0.6) is 0 Å². The molecule has 0 radical (unpaired) electrons. The fourth-order valence-corrected chi connectivity index (χ4v) is 1.80. The second-order valence-electron chi connectivity index (χ2n) is 4.88. The number of nitrogens with one attached hydrogen (secondary N) is 3. The zero-order valence-corrected chi connectivity index (χ0v) is 14.4. The van der Waals surface area contributed by atoms with Crippen molar-refractivity contribution in [1.82, 2.24) is 20.9 Å². The molecule has 0 fully saturated rings. The van der Waals surface area contributed by atoms with Crippen LogP contribution >= 0.6 is 0 Å². The van der Waals surface area contributed by atoms with Crippen molar-refractivity contribution < 1.29 is 14.3 Å². The zero-order valence-electron chi connectivity index (χ0n) is 14.4. The fourth-order valence-electron chi connectivity index (χ4n) is 1.80. The number of hydrogen-bond donors (Lipinski definition) is 3. The van der Waals surface area contributed by atoms with Crippen LogP contribution in [0.1, 0.15) is 16.8 Å². The summed E-state index contributed by atoms with van der Waals surface area (Å²) >= 11 is 0. The summed E-state index contributed by atoms with van der Waals surface area (Å²) in [5.41, 5.74) is 0.550. The molecule has 1 rings (SSSR count). The Bertz CT molecular complexity index is 482. The first kappa shape index (κ1) is 19.9. The zero-order chi connectivity index (χ0) is 17.5. The van der Waals surface area contributed by atoms with E-state index in [1.807, 2.05) is 0 Å². The lowest BCUT2D eigenvalue weighted by Crippen LogP contribution is -2.42. The second-order valence-corrected chi connectivity index (χ2v) is 4.88. The van der Waals surface area contributed by atoms with Crippen molar-refractivity contribution in [1.29, 1.82) is 0 Å². The normalized spacial score (nSPS) is 11.2. The van der Waals surface area contributed by atoms with Gasteiger partial charge in [-0.15, -0.1) is 0 Å². The topological polar surface area (TPSA) is 96.9 Å². The smallest absolute Gasteiger partial charge is 0.252 e. The lowest BCUT2D eigenvalue weighted by molar-refractivity contribution is 0.0698. The minimum atomic E-state index is -0.138. The number of aliphatic imine (C=N–C) groups is 1. The number of carbonyl (C=O) groups excluding carboxylic acids is 1. The molecule has 0 saturated carbocycles. The third-order valence-corrected chi connectivity index (χ3v) is 3.04. The Balaban J connectivity index is 2.06. The Morgan fingerprint density at radius 1 is 1.17 bits per heavy atom. The van der Waals surface area contributed by atoms with E-state index in [1.165, 1.54) is 6.20 Å². The minimum absolute atomic E-state index is 0.138. The molecule has 0 aliphatic carbocycles. The number of carbonyl (C=O) groups is 1. The summed E-state index contributed by atoms with van der Waals surface area (Å²) in [6, 6.07) is 3.46. The highest BCUT2D eigenvalue weighted by atomic mass is 16.5. The molecule has 3 N–H and O–H groups in total. The van der Waals surface area contributed by atoms with E-state index in [2.05, 4.69) is 25.9 Å². The van der Waals surface area contributed by atoms with Gasteiger partial charge in [-0.05, 0) is 18.6 Å². The van der Waals surface area contributed by atoms with Crippen LogP contribution in [0.15, 0.2) is 29.5 Å². The summed E-state index contributed by atoms with van der Waals surface area (Å²) in [6.45, 7) is 3.73. The van der Waals surface area contributed by atoms with E-state index in [0.717, 1.165) is 13.0 Å². The summed E-state index contributed by atoms with van der Waals surface area (Å²) < 4.78 is 10.3. The second kappa shape index (κ2) is 13.3. The Morgan fingerprint density at radius 2 is 1.96 bits per heavy atom. The SMILES string of the molecule is CN=C(NCCCOCCOC)NCCNC(=O)c1cccnc1. The van der Waals surface area contributed by atoms with Crippen LogP contribution in [0.4, 0.5) is 0 Å². The molecule has 0 aromatic carbocycles. The van der Waals surface area contributed by atoms with E-state index >= 15 is 0 Å². The number of amides is 1. The third kappa shape index (κ3) is 9.06. The van der Waals surface area contributed by atoms with Crippen LogP contribution < -0.4 is 16.0 Å². The predicted molar refractivity (Wildman–Crippen MR) is 93.2 cm³/mol. The van der Waals surface area contributed by atoms with Gasteiger partial charge in [0.25, 0.3) is 5.91 Å². The average molecular weight is 337 g/mol. The highest BCUT2D eigenvalue weighted by molar-refractivity contribution is 5.93. The first-order valence-electron chi connectivity index (χ1n) is 7.97. The standard InChI is InChI=1S/C16H27N5O3/c1-17-16(20-7-4-10-24-12-11-23-2)21-9-8-19-15(22)14-5-3-6-18-13-14/h3,5-6,13H,4,7-12H2,1-2H3,(H,19,22)(H2,17,20,21). The molecule has 134 valence electrons. The number of methoxy groups -OCH3 is 1. The van der Waals surface area contributed by atoms with Gasteiger partial charge in [-0.1, -0.05) is 0 Å². The number of rotatable bonds is 11. The summed E-state index contributed by atoms with van der Waals surface area (Å²) in [4.78, 5) is 19.9. The van der Waals surface area contributed by atoms with Gasteiger partial charge in [0.1, 0.15) is 0 Å². The van der Waals surface area contributed by atoms with E-state index < -0.39 is 0 Å². The van der Waals surface area contributed by atoms with Crippen LogP contribution in [0.3, 0.4) is 0 Å². The molecule has 24 heavy (non-hydrogen) atoms. The molecule has 0 aliphatic heterocycles. The number of pyridine rings is 1. The molecule has 1 aromatic heterocycles. The maximum atomic E-state index is 11.8. The number of aromatic nitrogens is 1. The maximum Gasteiger partial charge on any atom is 0.252 e. The van der Waals surface area contributed by atoms with E-state index in [4.69, 9.17) is 9.47 Å². The Kier molecular flexibility index (Phi) is 11.0. The monoisotopic (exact) mass is 337 g/mol. The molecule has 0 aliphatic rings. The first-order chi connectivity index (χ1) is 11.8.